The number of benzene rings is 2. The topological polar surface area (TPSA) is 46.1 Å². The number of rotatable bonds is 4. The van der Waals surface area contributed by atoms with Gasteiger partial charge in [0.25, 0.3) is 0 Å². The summed E-state index contributed by atoms with van der Waals surface area (Å²) in [6.07, 6.45) is 1.96. The van der Waals surface area contributed by atoms with Gasteiger partial charge in [0.1, 0.15) is 0 Å². The zero-order chi connectivity index (χ0) is 16.2. The number of amides is 2. The molecule has 0 bridgehead atoms. The monoisotopic (exact) mass is 327 g/mol. The lowest BCUT2D eigenvalue weighted by Gasteiger charge is -2.08. The summed E-state index contributed by atoms with van der Waals surface area (Å²) < 4.78 is 2.11. The van der Waals surface area contributed by atoms with E-state index in [4.69, 9.17) is 11.6 Å². The zero-order valence-electron chi connectivity index (χ0n) is 12.8. The lowest BCUT2D eigenvalue weighted by Crippen LogP contribution is -2.28. The molecule has 3 aromatic rings. The summed E-state index contributed by atoms with van der Waals surface area (Å²) in [5.74, 6) is 0. The SMILES string of the molecule is CCn1cc(NC(=O)NCc2ccccc2Cl)c2ccccc21. The average molecular weight is 328 g/mol. The van der Waals surface area contributed by atoms with E-state index in [0.717, 1.165) is 28.7 Å². The summed E-state index contributed by atoms with van der Waals surface area (Å²) in [6, 6.07) is 15.2. The highest BCUT2D eigenvalue weighted by molar-refractivity contribution is 6.31. The van der Waals surface area contributed by atoms with Crippen molar-refractivity contribution in [3.63, 3.8) is 0 Å². The molecule has 0 spiro atoms. The third-order valence-electron chi connectivity index (χ3n) is 3.77. The molecule has 5 heteroatoms. The van der Waals surface area contributed by atoms with Crippen LogP contribution in [0.5, 0.6) is 0 Å². The van der Waals surface area contributed by atoms with E-state index in [2.05, 4.69) is 22.1 Å². The second-order valence-electron chi connectivity index (χ2n) is 5.25. The Morgan fingerprint density at radius 3 is 2.65 bits per heavy atom. The number of anilines is 1. The molecule has 23 heavy (non-hydrogen) atoms. The number of aromatic nitrogens is 1. The maximum Gasteiger partial charge on any atom is 0.319 e. The second kappa shape index (κ2) is 6.75. The Morgan fingerprint density at radius 2 is 1.87 bits per heavy atom. The molecular weight excluding hydrogens is 310 g/mol. The molecule has 0 aliphatic heterocycles. The summed E-state index contributed by atoms with van der Waals surface area (Å²) in [5, 5.41) is 7.43. The summed E-state index contributed by atoms with van der Waals surface area (Å²) in [6.45, 7) is 3.31. The Labute approximate surface area is 140 Å². The molecule has 4 nitrogen and oxygen atoms in total. The molecule has 3 rings (SSSR count). The van der Waals surface area contributed by atoms with E-state index in [1.165, 1.54) is 0 Å². The Bertz CT molecular complexity index is 841. The third kappa shape index (κ3) is 3.32. The number of urea groups is 1. The summed E-state index contributed by atoms with van der Waals surface area (Å²) in [7, 11) is 0. The standard InChI is InChI=1S/C18H18ClN3O/c1-2-22-12-16(14-8-4-6-10-17(14)22)21-18(23)20-11-13-7-3-5-9-15(13)19/h3-10,12H,2,11H2,1H3,(H2,20,21,23). The van der Waals surface area contributed by atoms with Crippen molar-refractivity contribution in [2.75, 3.05) is 5.32 Å². The summed E-state index contributed by atoms with van der Waals surface area (Å²) >= 11 is 6.09. The van der Waals surface area contributed by atoms with Gasteiger partial charge in [-0.15, -0.1) is 0 Å². The van der Waals surface area contributed by atoms with Gasteiger partial charge in [-0.05, 0) is 24.6 Å². The van der Waals surface area contributed by atoms with Crippen LogP contribution in [0.2, 0.25) is 5.02 Å². The van der Waals surface area contributed by atoms with E-state index < -0.39 is 0 Å². The van der Waals surface area contributed by atoms with Gasteiger partial charge in [0, 0.05) is 29.7 Å². The first kappa shape index (κ1) is 15.4. The normalized spacial score (nSPS) is 10.7. The van der Waals surface area contributed by atoms with Gasteiger partial charge >= 0.3 is 6.03 Å². The predicted octanol–water partition coefficient (Wildman–Crippen LogP) is 4.64. The van der Waals surface area contributed by atoms with E-state index in [1.807, 2.05) is 54.7 Å². The molecule has 0 saturated carbocycles. The van der Waals surface area contributed by atoms with Gasteiger partial charge in [0.2, 0.25) is 0 Å². The van der Waals surface area contributed by atoms with Crippen molar-refractivity contribution in [3.05, 3.63) is 65.3 Å². The van der Waals surface area contributed by atoms with E-state index in [1.54, 1.807) is 0 Å². The van der Waals surface area contributed by atoms with Crippen LogP contribution in [0.3, 0.4) is 0 Å². The highest BCUT2D eigenvalue weighted by Gasteiger charge is 2.10. The second-order valence-corrected chi connectivity index (χ2v) is 5.65. The number of hydrogen-bond donors (Lipinski definition) is 2. The fourth-order valence-electron chi connectivity index (χ4n) is 2.59. The number of nitrogens with zero attached hydrogens (tertiary/aromatic N) is 1. The molecule has 0 aliphatic carbocycles. The van der Waals surface area contributed by atoms with Crippen LogP contribution in [0.4, 0.5) is 10.5 Å². The summed E-state index contributed by atoms with van der Waals surface area (Å²) in [4.78, 5) is 12.2. The van der Waals surface area contributed by atoms with Crippen molar-refractivity contribution in [1.82, 2.24) is 9.88 Å². The van der Waals surface area contributed by atoms with Crippen molar-refractivity contribution in [2.45, 2.75) is 20.0 Å². The minimum absolute atomic E-state index is 0.246. The Morgan fingerprint density at radius 1 is 1.13 bits per heavy atom. The first-order valence-corrected chi connectivity index (χ1v) is 7.93. The quantitative estimate of drug-likeness (QED) is 0.720. The van der Waals surface area contributed by atoms with Crippen LogP contribution in [0.1, 0.15) is 12.5 Å². The van der Waals surface area contributed by atoms with Gasteiger partial charge in [0.15, 0.2) is 0 Å². The van der Waals surface area contributed by atoms with Gasteiger partial charge < -0.3 is 15.2 Å². The molecule has 0 fully saturated rings. The third-order valence-corrected chi connectivity index (χ3v) is 4.14. The van der Waals surface area contributed by atoms with Crippen LogP contribution in [-0.2, 0) is 13.1 Å². The Balaban J connectivity index is 1.72. The fraction of sp³-hybridized carbons (Fsp3) is 0.167. The maximum atomic E-state index is 12.2. The molecule has 0 aliphatic rings. The van der Waals surface area contributed by atoms with Crippen LogP contribution in [0, 0.1) is 0 Å². The minimum Gasteiger partial charge on any atom is -0.346 e. The van der Waals surface area contributed by atoms with Crippen LogP contribution in [0.15, 0.2) is 54.7 Å². The number of halogens is 1. The average Bonchev–Trinajstić information content (AvgIpc) is 2.92. The number of carbonyl (C=O) groups excluding carboxylic acids is 1. The molecule has 1 heterocycles. The van der Waals surface area contributed by atoms with E-state index in [9.17, 15) is 4.79 Å². The predicted molar refractivity (Wildman–Crippen MR) is 94.9 cm³/mol. The van der Waals surface area contributed by atoms with Crippen LogP contribution in [0.25, 0.3) is 10.9 Å². The van der Waals surface area contributed by atoms with Crippen molar-refractivity contribution in [3.8, 4) is 0 Å². The first-order chi connectivity index (χ1) is 11.2. The molecule has 2 N–H and O–H groups in total. The van der Waals surface area contributed by atoms with Crippen LogP contribution >= 0.6 is 11.6 Å². The van der Waals surface area contributed by atoms with Gasteiger partial charge in [-0.1, -0.05) is 48.0 Å². The Hall–Kier alpha value is -2.46. The number of fused-ring (bicyclic) bond motifs is 1. The summed E-state index contributed by atoms with van der Waals surface area (Å²) in [5.41, 5.74) is 2.80. The van der Waals surface area contributed by atoms with Gasteiger partial charge in [-0.3, -0.25) is 0 Å². The molecule has 0 saturated heterocycles. The van der Waals surface area contributed by atoms with E-state index >= 15 is 0 Å². The van der Waals surface area contributed by atoms with Crippen molar-refractivity contribution in [1.29, 1.82) is 0 Å². The minimum atomic E-state index is -0.246. The zero-order valence-corrected chi connectivity index (χ0v) is 13.6. The lowest BCUT2D eigenvalue weighted by molar-refractivity contribution is 0.252. The number of carbonyl (C=O) groups is 1. The number of para-hydroxylation sites is 1. The molecular formula is C18H18ClN3O. The highest BCUT2D eigenvalue weighted by atomic mass is 35.5. The van der Waals surface area contributed by atoms with E-state index in [0.29, 0.717) is 11.6 Å². The van der Waals surface area contributed by atoms with Crippen molar-refractivity contribution in [2.24, 2.45) is 0 Å². The maximum absolute atomic E-state index is 12.2. The molecule has 2 aromatic carbocycles. The van der Waals surface area contributed by atoms with Gasteiger partial charge in [0.05, 0.1) is 11.2 Å². The molecule has 118 valence electrons. The first-order valence-electron chi connectivity index (χ1n) is 7.55. The Kier molecular flexibility index (Phi) is 4.53. The lowest BCUT2D eigenvalue weighted by atomic mass is 10.2. The number of hydrogen-bond acceptors (Lipinski definition) is 1. The number of aryl methyl sites for hydroxylation is 1. The molecule has 2 amide bonds. The molecule has 0 atom stereocenters. The van der Waals surface area contributed by atoms with Crippen molar-refractivity contribution < 1.29 is 4.79 Å². The van der Waals surface area contributed by atoms with E-state index in [-0.39, 0.29) is 6.03 Å². The van der Waals surface area contributed by atoms with Gasteiger partial charge in [-0.25, -0.2) is 4.79 Å². The van der Waals surface area contributed by atoms with Crippen LogP contribution < -0.4 is 10.6 Å². The molecule has 0 radical (unpaired) electrons. The molecule has 0 unspecified atom stereocenters. The van der Waals surface area contributed by atoms with Crippen molar-refractivity contribution >= 4 is 34.2 Å². The highest BCUT2D eigenvalue weighted by Crippen LogP contribution is 2.25. The smallest absolute Gasteiger partial charge is 0.319 e. The number of nitrogens with one attached hydrogen (secondary N) is 2. The largest absolute Gasteiger partial charge is 0.346 e. The fourth-order valence-corrected chi connectivity index (χ4v) is 2.79. The van der Waals surface area contributed by atoms with Crippen LogP contribution in [-0.4, -0.2) is 10.6 Å². The van der Waals surface area contributed by atoms with Gasteiger partial charge in [-0.2, -0.15) is 0 Å². The molecule has 1 aromatic heterocycles.